The van der Waals surface area contributed by atoms with Crippen LogP contribution in [0.25, 0.3) is 0 Å². The van der Waals surface area contributed by atoms with Crippen LogP contribution in [-0.2, 0) is 14.3 Å². The van der Waals surface area contributed by atoms with E-state index in [1.54, 1.807) is 31.2 Å². The van der Waals surface area contributed by atoms with Crippen molar-refractivity contribution in [1.29, 1.82) is 0 Å². The number of aliphatic carboxylic acids is 1. The monoisotopic (exact) mass is 297 g/mol. The molecule has 0 aliphatic rings. The number of nitrogens with zero attached hydrogens (tertiary/aromatic N) is 1. The Morgan fingerprint density at radius 1 is 1.33 bits per heavy atom. The van der Waals surface area contributed by atoms with E-state index in [9.17, 15) is 14.7 Å². The molecule has 0 spiro atoms. The molecule has 7 heteroatoms. The Kier molecular flexibility index (Phi) is 6.48. The van der Waals surface area contributed by atoms with Gasteiger partial charge in [0.15, 0.2) is 6.04 Å². The van der Waals surface area contributed by atoms with Crippen LogP contribution in [0.4, 0.5) is 10.5 Å². The third-order valence-electron chi connectivity index (χ3n) is 2.72. The van der Waals surface area contributed by atoms with Gasteiger partial charge < -0.3 is 19.3 Å². The van der Waals surface area contributed by atoms with Crippen molar-refractivity contribution >= 4 is 17.7 Å². The summed E-state index contributed by atoms with van der Waals surface area (Å²) < 4.78 is 14.9. The summed E-state index contributed by atoms with van der Waals surface area (Å²) in [5, 5.41) is 9.32. The van der Waals surface area contributed by atoms with Gasteiger partial charge in [-0.15, -0.1) is 0 Å². The van der Waals surface area contributed by atoms with Crippen molar-refractivity contribution in [3.8, 4) is 5.75 Å². The van der Waals surface area contributed by atoms with Gasteiger partial charge in [0.1, 0.15) is 5.75 Å². The lowest BCUT2D eigenvalue weighted by Gasteiger charge is -2.27. The number of benzene rings is 1. The number of amides is 1. The van der Waals surface area contributed by atoms with Crippen molar-refractivity contribution in [3.05, 3.63) is 24.3 Å². The predicted molar refractivity (Wildman–Crippen MR) is 75.8 cm³/mol. The van der Waals surface area contributed by atoms with Crippen LogP contribution in [0.1, 0.15) is 6.92 Å². The van der Waals surface area contributed by atoms with Gasteiger partial charge in [-0.3, -0.25) is 4.90 Å². The molecular formula is C14H19NO6. The molecule has 1 atom stereocenters. The van der Waals surface area contributed by atoms with Crippen LogP contribution in [0.3, 0.4) is 0 Å². The molecule has 0 saturated carbocycles. The highest BCUT2D eigenvalue weighted by atomic mass is 16.6. The largest absolute Gasteiger partial charge is 0.497 e. The van der Waals surface area contributed by atoms with Gasteiger partial charge in [-0.2, -0.15) is 0 Å². The minimum atomic E-state index is -1.19. The Morgan fingerprint density at radius 2 is 2.05 bits per heavy atom. The Hall–Kier alpha value is -2.28. The first kappa shape index (κ1) is 16.8. The quantitative estimate of drug-likeness (QED) is 0.825. The number of carboxylic acid groups (broad SMARTS) is 1. The minimum Gasteiger partial charge on any atom is -0.497 e. The highest BCUT2D eigenvalue weighted by Gasteiger charge is 2.32. The molecule has 0 saturated heterocycles. The predicted octanol–water partition coefficient (Wildman–Crippen LogP) is 1.76. The standard InChI is InChI=1S/C14H19NO6/c1-4-21-14(18)15(12(9-19-2)13(16)17)10-6-5-7-11(8-10)20-3/h5-8,12H,4,9H2,1-3H3,(H,16,17). The number of anilines is 1. The number of ether oxygens (including phenoxy) is 3. The summed E-state index contributed by atoms with van der Waals surface area (Å²) in [6.07, 6.45) is -0.754. The fourth-order valence-corrected chi connectivity index (χ4v) is 1.78. The van der Waals surface area contributed by atoms with Gasteiger partial charge in [0, 0.05) is 13.2 Å². The van der Waals surface area contributed by atoms with Crippen molar-refractivity contribution < 1.29 is 28.9 Å². The molecule has 1 aromatic carbocycles. The fourth-order valence-electron chi connectivity index (χ4n) is 1.78. The van der Waals surface area contributed by atoms with Crippen LogP contribution in [0.5, 0.6) is 5.75 Å². The average Bonchev–Trinajstić information content (AvgIpc) is 2.47. The van der Waals surface area contributed by atoms with Crippen LogP contribution < -0.4 is 9.64 Å². The van der Waals surface area contributed by atoms with E-state index < -0.39 is 18.1 Å². The number of rotatable bonds is 7. The van der Waals surface area contributed by atoms with E-state index in [4.69, 9.17) is 14.2 Å². The van der Waals surface area contributed by atoms with E-state index in [1.165, 1.54) is 14.2 Å². The van der Waals surface area contributed by atoms with Crippen molar-refractivity contribution in [2.75, 3.05) is 32.3 Å². The lowest BCUT2D eigenvalue weighted by molar-refractivity contribution is -0.139. The van der Waals surface area contributed by atoms with Crippen LogP contribution in [0.2, 0.25) is 0 Å². The molecule has 0 radical (unpaired) electrons. The lowest BCUT2D eigenvalue weighted by Crippen LogP contribution is -2.48. The normalized spacial score (nSPS) is 11.6. The molecule has 21 heavy (non-hydrogen) atoms. The van der Waals surface area contributed by atoms with E-state index >= 15 is 0 Å². The highest BCUT2D eigenvalue weighted by molar-refractivity contribution is 5.95. The van der Waals surface area contributed by atoms with Gasteiger partial charge in [-0.25, -0.2) is 9.59 Å². The molecule has 7 nitrogen and oxygen atoms in total. The zero-order valence-electron chi connectivity index (χ0n) is 12.2. The molecule has 116 valence electrons. The molecule has 1 rings (SSSR count). The van der Waals surface area contributed by atoms with Gasteiger partial charge in [-0.05, 0) is 19.1 Å². The molecule has 0 heterocycles. The lowest BCUT2D eigenvalue weighted by atomic mass is 10.2. The van der Waals surface area contributed by atoms with Gasteiger partial charge in [0.2, 0.25) is 0 Å². The first-order valence-electron chi connectivity index (χ1n) is 6.36. The second kappa shape index (κ2) is 8.11. The van der Waals surface area contributed by atoms with Crippen molar-refractivity contribution in [1.82, 2.24) is 0 Å². The number of carbonyl (C=O) groups is 2. The smallest absolute Gasteiger partial charge is 0.415 e. The third kappa shape index (κ3) is 4.35. The fraction of sp³-hybridized carbons (Fsp3) is 0.429. The zero-order chi connectivity index (χ0) is 15.8. The number of methoxy groups -OCH3 is 2. The van der Waals surface area contributed by atoms with E-state index in [2.05, 4.69) is 0 Å². The third-order valence-corrected chi connectivity index (χ3v) is 2.72. The molecule has 0 fully saturated rings. The van der Waals surface area contributed by atoms with Gasteiger partial charge in [0.05, 0.1) is 26.0 Å². The molecule has 0 aromatic heterocycles. The van der Waals surface area contributed by atoms with Crippen LogP contribution in [0.15, 0.2) is 24.3 Å². The second-order valence-electron chi connectivity index (χ2n) is 4.08. The summed E-state index contributed by atoms with van der Waals surface area (Å²) in [6.45, 7) is 1.62. The minimum absolute atomic E-state index is 0.138. The SMILES string of the molecule is CCOC(=O)N(c1cccc(OC)c1)C(COC)C(=O)O. The molecule has 0 bridgehead atoms. The number of hydrogen-bond acceptors (Lipinski definition) is 5. The topological polar surface area (TPSA) is 85.3 Å². The van der Waals surface area contributed by atoms with Gasteiger partial charge >= 0.3 is 12.1 Å². The van der Waals surface area contributed by atoms with Crippen molar-refractivity contribution in [2.45, 2.75) is 13.0 Å². The maximum Gasteiger partial charge on any atom is 0.415 e. The Bertz CT molecular complexity index is 490. The van der Waals surface area contributed by atoms with Crippen molar-refractivity contribution in [3.63, 3.8) is 0 Å². The van der Waals surface area contributed by atoms with E-state index in [0.29, 0.717) is 11.4 Å². The summed E-state index contributed by atoms with van der Waals surface area (Å²) in [7, 11) is 2.85. The highest BCUT2D eigenvalue weighted by Crippen LogP contribution is 2.24. The van der Waals surface area contributed by atoms with E-state index in [1.807, 2.05) is 0 Å². The van der Waals surface area contributed by atoms with Gasteiger partial charge in [-0.1, -0.05) is 6.07 Å². The number of carboxylic acids is 1. The van der Waals surface area contributed by atoms with E-state index in [-0.39, 0.29) is 13.2 Å². The summed E-state index contributed by atoms with van der Waals surface area (Å²) >= 11 is 0. The molecule has 1 amide bonds. The summed E-state index contributed by atoms with van der Waals surface area (Å²) in [4.78, 5) is 24.6. The van der Waals surface area contributed by atoms with Crippen molar-refractivity contribution in [2.24, 2.45) is 0 Å². The second-order valence-corrected chi connectivity index (χ2v) is 4.08. The average molecular weight is 297 g/mol. The number of hydrogen-bond donors (Lipinski definition) is 1. The molecule has 1 N–H and O–H groups in total. The molecule has 0 aliphatic carbocycles. The van der Waals surface area contributed by atoms with E-state index in [0.717, 1.165) is 4.90 Å². The number of carbonyl (C=O) groups excluding carboxylic acids is 1. The summed E-state index contributed by atoms with van der Waals surface area (Å²) in [6, 6.07) is 5.32. The first-order valence-corrected chi connectivity index (χ1v) is 6.36. The zero-order valence-corrected chi connectivity index (χ0v) is 12.2. The maximum atomic E-state index is 12.1. The maximum absolute atomic E-state index is 12.1. The molecule has 1 aromatic rings. The molecule has 1 unspecified atom stereocenters. The Labute approximate surface area is 123 Å². The summed E-state index contributed by atoms with van der Waals surface area (Å²) in [5.41, 5.74) is 0.359. The van der Waals surface area contributed by atoms with Crippen LogP contribution in [0, 0.1) is 0 Å². The Morgan fingerprint density at radius 3 is 2.57 bits per heavy atom. The van der Waals surface area contributed by atoms with Crippen LogP contribution >= 0.6 is 0 Å². The van der Waals surface area contributed by atoms with Gasteiger partial charge in [0.25, 0.3) is 0 Å². The summed E-state index contributed by atoms with van der Waals surface area (Å²) in [5.74, 6) is -0.684. The van der Waals surface area contributed by atoms with Crippen LogP contribution in [-0.4, -0.2) is 50.6 Å². The molecular weight excluding hydrogens is 278 g/mol. The first-order chi connectivity index (χ1) is 10.0. The Balaban J connectivity index is 3.22. The molecule has 0 aliphatic heterocycles.